The molecular formula is C11H16N2O2S. The van der Waals surface area contributed by atoms with E-state index in [0.29, 0.717) is 6.04 Å². The minimum absolute atomic E-state index is 0.222. The summed E-state index contributed by atoms with van der Waals surface area (Å²) in [5.74, 6) is 0. The number of likely N-dealkylation sites (tertiary alicyclic amines) is 1. The molecule has 0 bridgehead atoms. The molecule has 1 fully saturated rings. The summed E-state index contributed by atoms with van der Waals surface area (Å²) in [5, 5.41) is 7.66. The van der Waals surface area contributed by atoms with E-state index in [1.807, 2.05) is 0 Å². The normalized spacial score (nSPS) is 20.1. The topological polar surface area (TPSA) is 41.6 Å². The maximum absolute atomic E-state index is 11.3. The van der Waals surface area contributed by atoms with Gasteiger partial charge in [0.2, 0.25) is 0 Å². The maximum Gasteiger partial charge on any atom is 0.409 e. The van der Waals surface area contributed by atoms with Crippen LogP contribution < -0.4 is 5.32 Å². The van der Waals surface area contributed by atoms with Crippen LogP contribution in [0.5, 0.6) is 0 Å². The van der Waals surface area contributed by atoms with Crippen LogP contribution >= 0.6 is 11.3 Å². The molecule has 2 rings (SSSR count). The molecule has 1 aliphatic rings. The summed E-state index contributed by atoms with van der Waals surface area (Å²) in [7, 11) is 1.43. The van der Waals surface area contributed by atoms with Gasteiger partial charge in [0.15, 0.2) is 0 Å². The van der Waals surface area contributed by atoms with Crippen LogP contribution in [0.25, 0.3) is 0 Å². The number of carbonyl (C=O) groups excluding carboxylic acids is 1. The molecule has 0 radical (unpaired) electrons. The molecule has 16 heavy (non-hydrogen) atoms. The van der Waals surface area contributed by atoms with Gasteiger partial charge < -0.3 is 15.0 Å². The molecule has 1 aromatic rings. The quantitative estimate of drug-likeness (QED) is 0.874. The molecule has 0 saturated carbocycles. The van der Waals surface area contributed by atoms with Crippen molar-refractivity contribution in [3.63, 3.8) is 0 Å². The highest BCUT2D eigenvalue weighted by atomic mass is 32.1. The number of nitrogens with one attached hydrogen (secondary N) is 1. The highest BCUT2D eigenvalue weighted by Gasteiger charge is 2.26. The van der Waals surface area contributed by atoms with Crippen molar-refractivity contribution in [3.8, 4) is 0 Å². The Kier molecular flexibility index (Phi) is 3.79. The van der Waals surface area contributed by atoms with E-state index in [4.69, 9.17) is 4.74 Å². The smallest absolute Gasteiger partial charge is 0.409 e. The van der Waals surface area contributed by atoms with Crippen LogP contribution in [0.2, 0.25) is 0 Å². The van der Waals surface area contributed by atoms with E-state index in [-0.39, 0.29) is 6.09 Å². The fraction of sp³-hybridized carbons (Fsp3) is 0.545. The van der Waals surface area contributed by atoms with Gasteiger partial charge in [0.1, 0.15) is 0 Å². The van der Waals surface area contributed by atoms with E-state index < -0.39 is 0 Å². The first kappa shape index (κ1) is 11.4. The fourth-order valence-corrected chi connectivity index (χ4v) is 2.55. The van der Waals surface area contributed by atoms with Gasteiger partial charge >= 0.3 is 6.09 Å². The van der Waals surface area contributed by atoms with Crippen molar-refractivity contribution in [2.75, 3.05) is 20.2 Å². The third-order valence-electron chi connectivity index (χ3n) is 2.80. The number of methoxy groups -OCH3 is 1. The van der Waals surface area contributed by atoms with Crippen molar-refractivity contribution in [3.05, 3.63) is 22.4 Å². The largest absolute Gasteiger partial charge is 0.453 e. The Morgan fingerprint density at radius 2 is 2.62 bits per heavy atom. The minimum atomic E-state index is -0.222. The van der Waals surface area contributed by atoms with E-state index in [1.54, 1.807) is 16.2 Å². The maximum atomic E-state index is 11.3. The van der Waals surface area contributed by atoms with Gasteiger partial charge in [-0.1, -0.05) is 0 Å². The number of thiophene rings is 1. The van der Waals surface area contributed by atoms with E-state index in [2.05, 4.69) is 22.1 Å². The second kappa shape index (κ2) is 5.32. The lowest BCUT2D eigenvalue weighted by atomic mass is 10.2. The average Bonchev–Trinajstić information content (AvgIpc) is 2.96. The minimum Gasteiger partial charge on any atom is -0.453 e. The molecule has 0 spiro atoms. The molecule has 1 N–H and O–H groups in total. The Hall–Kier alpha value is -1.07. The van der Waals surface area contributed by atoms with Gasteiger partial charge in [-0.2, -0.15) is 11.3 Å². The van der Waals surface area contributed by atoms with Crippen molar-refractivity contribution in [1.82, 2.24) is 10.2 Å². The third-order valence-corrected chi connectivity index (χ3v) is 3.53. The summed E-state index contributed by atoms with van der Waals surface area (Å²) in [6, 6.07) is 2.50. The van der Waals surface area contributed by atoms with Crippen LogP contribution in [0.3, 0.4) is 0 Å². The summed E-state index contributed by atoms with van der Waals surface area (Å²) >= 11 is 1.71. The highest BCUT2D eigenvalue weighted by molar-refractivity contribution is 7.07. The number of ether oxygens (including phenoxy) is 1. The van der Waals surface area contributed by atoms with Crippen LogP contribution in [-0.2, 0) is 11.3 Å². The molecular weight excluding hydrogens is 224 g/mol. The van der Waals surface area contributed by atoms with Crippen molar-refractivity contribution in [2.45, 2.75) is 19.0 Å². The van der Waals surface area contributed by atoms with E-state index in [0.717, 1.165) is 26.1 Å². The number of amides is 1. The number of nitrogens with zero attached hydrogens (tertiary/aromatic N) is 1. The highest BCUT2D eigenvalue weighted by Crippen LogP contribution is 2.12. The lowest BCUT2D eigenvalue weighted by Crippen LogP contribution is -2.34. The van der Waals surface area contributed by atoms with Crippen molar-refractivity contribution in [2.24, 2.45) is 0 Å². The fourth-order valence-electron chi connectivity index (χ4n) is 1.88. The van der Waals surface area contributed by atoms with Gasteiger partial charge in [0, 0.05) is 25.7 Å². The molecule has 0 aromatic carbocycles. The number of rotatable bonds is 3. The van der Waals surface area contributed by atoms with Crippen LogP contribution in [0, 0.1) is 0 Å². The molecule has 0 aliphatic carbocycles. The van der Waals surface area contributed by atoms with E-state index >= 15 is 0 Å². The number of hydrogen-bond acceptors (Lipinski definition) is 4. The van der Waals surface area contributed by atoms with Crippen molar-refractivity contribution >= 4 is 17.4 Å². The second-order valence-electron chi connectivity index (χ2n) is 3.91. The number of hydrogen-bond donors (Lipinski definition) is 1. The number of carbonyl (C=O) groups is 1. The molecule has 4 nitrogen and oxygen atoms in total. The summed E-state index contributed by atoms with van der Waals surface area (Å²) < 4.78 is 4.69. The van der Waals surface area contributed by atoms with E-state index in [9.17, 15) is 4.79 Å². The molecule has 1 aliphatic heterocycles. The van der Waals surface area contributed by atoms with Gasteiger partial charge in [-0.15, -0.1) is 0 Å². The van der Waals surface area contributed by atoms with Crippen LogP contribution in [-0.4, -0.2) is 37.2 Å². The molecule has 88 valence electrons. The zero-order chi connectivity index (χ0) is 11.4. The first-order chi connectivity index (χ1) is 7.79. The van der Waals surface area contributed by atoms with Crippen molar-refractivity contribution in [1.29, 1.82) is 0 Å². The standard InChI is InChI=1S/C11H16N2O2S/c1-15-11(14)13-4-2-10(7-13)12-6-9-3-5-16-8-9/h3,5,8,10,12H,2,4,6-7H2,1H3. The molecule has 1 amide bonds. The predicted molar refractivity (Wildman–Crippen MR) is 63.5 cm³/mol. The molecule has 1 aromatic heterocycles. The first-order valence-corrected chi connectivity index (χ1v) is 6.31. The zero-order valence-corrected chi connectivity index (χ0v) is 10.1. The van der Waals surface area contributed by atoms with Crippen LogP contribution in [0.15, 0.2) is 16.8 Å². The SMILES string of the molecule is COC(=O)N1CCC(NCc2ccsc2)C1. The molecule has 1 atom stereocenters. The molecule has 1 unspecified atom stereocenters. The Balaban J connectivity index is 1.75. The predicted octanol–water partition coefficient (Wildman–Crippen LogP) is 1.68. The Bertz CT molecular complexity index is 340. The average molecular weight is 240 g/mol. The van der Waals surface area contributed by atoms with Gasteiger partial charge in [-0.3, -0.25) is 0 Å². The monoisotopic (exact) mass is 240 g/mol. The van der Waals surface area contributed by atoms with E-state index in [1.165, 1.54) is 12.7 Å². The van der Waals surface area contributed by atoms with Gasteiger partial charge in [0.25, 0.3) is 0 Å². The zero-order valence-electron chi connectivity index (χ0n) is 9.31. The summed E-state index contributed by atoms with van der Waals surface area (Å²) in [6.07, 6.45) is 0.777. The van der Waals surface area contributed by atoms with Crippen molar-refractivity contribution < 1.29 is 9.53 Å². The Morgan fingerprint density at radius 1 is 1.75 bits per heavy atom. The lowest BCUT2D eigenvalue weighted by Gasteiger charge is -2.15. The summed E-state index contributed by atoms with van der Waals surface area (Å²) in [6.45, 7) is 2.41. The first-order valence-electron chi connectivity index (χ1n) is 5.37. The summed E-state index contributed by atoms with van der Waals surface area (Å²) in [5.41, 5.74) is 1.31. The van der Waals surface area contributed by atoms with Crippen LogP contribution in [0.4, 0.5) is 4.79 Å². The Morgan fingerprint density at radius 3 is 3.31 bits per heavy atom. The van der Waals surface area contributed by atoms with Gasteiger partial charge in [-0.25, -0.2) is 4.79 Å². The summed E-state index contributed by atoms with van der Waals surface area (Å²) in [4.78, 5) is 13.0. The third kappa shape index (κ3) is 2.74. The molecule has 1 saturated heterocycles. The molecule has 5 heteroatoms. The lowest BCUT2D eigenvalue weighted by molar-refractivity contribution is 0.132. The van der Waals surface area contributed by atoms with Gasteiger partial charge in [-0.05, 0) is 28.8 Å². The second-order valence-corrected chi connectivity index (χ2v) is 4.69. The van der Waals surface area contributed by atoms with Gasteiger partial charge in [0.05, 0.1) is 7.11 Å². The van der Waals surface area contributed by atoms with Crippen LogP contribution in [0.1, 0.15) is 12.0 Å². The molecule has 2 heterocycles. The Labute approximate surface area is 99.2 Å².